The fourth-order valence-corrected chi connectivity index (χ4v) is 3.07. The third-order valence-corrected chi connectivity index (χ3v) is 4.29. The van der Waals surface area contributed by atoms with E-state index in [4.69, 9.17) is 0 Å². The minimum Gasteiger partial charge on any atom is -1.00 e. The van der Waals surface area contributed by atoms with Gasteiger partial charge in [0.15, 0.2) is 11.5 Å². The lowest BCUT2D eigenvalue weighted by atomic mass is 10.0. The number of Topliss-reactive ketones (excluding diaryl/α,β-unsaturated/α-hetero) is 1. The largest absolute Gasteiger partial charge is 1.00 e. The van der Waals surface area contributed by atoms with Gasteiger partial charge in [-0.1, -0.05) is 24.3 Å². The van der Waals surface area contributed by atoms with Gasteiger partial charge in [0.25, 0.3) is 0 Å². The van der Waals surface area contributed by atoms with Gasteiger partial charge in [0, 0.05) is 50.5 Å². The van der Waals surface area contributed by atoms with E-state index in [-0.39, 0.29) is 18.2 Å². The molecule has 0 radical (unpaired) electrons. The van der Waals surface area contributed by atoms with E-state index < -0.39 is 0 Å². The lowest BCUT2D eigenvalue weighted by Gasteiger charge is -2.14. The number of para-hydroxylation sites is 1. The van der Waals surface area contributed by atoms with Crippen LogP contribution in [0.15, 0.2) is 54.6 Å². The molecular weight excluding hydrogens is 334 g/mol. The second kappa shape index (κ2) is 6.65. The van der Waals surface area contributed by atoms with Gasteiger partial charge in [-0.05, 0) is 12.1 Å². The van der Waals surface area contributed by atoms with Crippen LogP contribution in [-0.4, -0.2) is 24.9 Å². The van der Waals surface area contributed by atoms with E-state index in [9.17, 15) is 4.79 Å². The molecule has 2 aromatic carbocycles. The normalized spacial score (nSPS) is 12.6. The summed E-state index contributed by atoms with van der Waals surface area (Å²) in [5.74, 6) is 0.0655. The van der Waals surface area contributed by atoms with Crippen LogP contribution in [0.25, 0.3) is 22.8 Å². The Morgan fingerprint density at radius 3 is 2.56 bits per heavy atom. The number of halogens is 1. The van der Waals surface area contributed by atoms with Crippen molar-refractivity contribution < 1.29 is 21.8 Å². The van der Waals surface area contributed by atoms with Crippen LogP contribution in [0.3, 0.4) is 0 Å². The Balaban J connectivity index is 0.00000182. The number of aromatic nitrogens is 2. The number of hydrogen-bond acceptors (Lipinski definition) is 3. The molecule has 4 rings (SSSR count). The van der Waals surface area contributed by atoms with Crippen molar-refractivity contribution in [3.63, 3.8) is 0 Å². The minimum absolute atomic E-state index is 0. The van der Waals surface area contributed by atoms with Gasteiger partial charge in [-0.25, -0.2) is 4.98 Å². The first kappa shape index (κ1) is 17.1. The Bertz CT molecular complexity index is 981. The molecule has 4 nitrogen and oxygen atoms in total. The SMILES string of the molecule is CN(C)c1ccc2nc3c([n+](-c4ccccc4)c2c1)C=CCC3=O.[Cl-]. The highest BCUT2D eigenvalue weighted by Crippen LogP contribution is 2.23. The standard InChI is InChI=1S/C20H18N3O.ClH/c1-22(2)15-11-12-16-18(13-15)23(14-7-4-3-5-8-14)17-9-6-10-19(24)20(17)21-16;/h3-9,11-13H,10H2,1-2H3;1H/q+1;/p-1. The number of allylic oxidation sites excluding steroid dienone is 1. The van der Waals surface area contributed by atoms with E-state index in [0.29, 0.717) is 12.1 Å². The van der Waals surface area contributed by atoms with Crippen LogP contribution >= 0.6 is 0 Å². The van der Waals surface area contributed by atoms with Crippen molar-refractivity contribution >= 4 is 28.6 Å². The van der Waals surface area contributed by atoms with Crippen molar-refractivity contribution in [2.45, 2.75) is 6.42 Å². The molecule has 126 valence electrons. The number of rotatable bonds is 2. The molecule has 0 spiro atoms. The predicted molar refractivity (Wildman–Crippen MR) is 95.6 cm³/mol. The summed E-state index contributed by atoms with van der Waals surface area (Å²) in [5, 5.41) is 0. The van der Waals surface area contributed by atoms with Crippen LogP contribution in [0.5, 0.6) is 0 Å². The highest BCUT2D eigenvalue weighted by atomic mass is 35.5. The molecule has 0 saturated heterocycles. The molecule has 1 aliphatic rings. The van der Waals surface area contributed by atoms with E-state index in [2.05, 4.69) is 32.7 Å². The zero-order valence-corrected chi connectivity index (χ0v) is 14.9. The van der Waals surface area contributed by atoms with Gasteiger partial charge in [0.2, 0.25) is 16.9 Å². The van der Waals surface area contributed by atoms with Gasteiger partial charge in [-0.2, -0.15) is 0 Å². The quantitative estimate of drug-likeness (QED) is 0.618. The molecule has 1 aromatic heterocycles. The molecule has 0 saturated carbocycles. The monoisotopic (exact) mass is 351 g/mol. The van der Waals surface area contributed by atoms with Crippen molar-refractivity contribution in [2.24, 2.45) is 0 Å². The molecule has 0 fully saturated rings. The van der Waals surface area contributed by atoms with E-state index in [1.54, 1.807) is 0 Å². The molecule has 0 unspecified atom stereocenters. The Kier molecular flexibility index (Phi) is 4.55. The first-order valence-electron chi connectivity index (χ1n) is 7.97. The van der Waals surface area contributed by atoms with Gasteiger partial charge in [0.1, 0.15) is 5.52 Å². The Labute approximate surface area is 152 Å². The predicted octanol–water partition coefficient (Wildman–Crippen LogP) is 0.181. The molecule has 0 N–H and O–H groups in total. The Morgan fingerprint density at radius 1 is 1.08 bits per heavy atom. The first-order chi connectivity index (χ1) is 11.6. The molecule has 0 atom stereocenters. The molecule has 25 heavy (non-hydrogen) atoms. The first-order valence-corrected chi connectivity index (χ1v) is 7.97. The minimum atomic E-state index is 0. The topological polar surface area (TPSA) is 37.1 Å². The molecule has 1 aliphatic carbocycles. The van der Waals surface area contributed by atoms with Crippen LogP contribution in [0.1, 0.15) is 22.6 Å². The van der Waals surface area contributed by atoms with Gasteiger partial charge in [-0.15, -0.1) is 4.57 Å². The smallest absolute Gasteiger partial charge is 0.240 e. The van der Waals surface area contributed by atoms with E-state index in [0.717, 1.165) is 28.1 Å². The fourth-order valence-electron chi connectivity index (χ4n) is 3.07. The summed E-state index contributed by atoms with van der Waals surface area (Å²) in [5.41, 5.74) is 5.33. The summed E-state index contributed by atoms with van der Waals surface area (Å²) in [6.45, 7) is 0. The van der Waals surface area contributed by atoms with Crippen molar-refractivity contribution in [1.29, 1.82) is 0 Å². The van der Waals surface area contributed by atoms with Gasteiger partial charge in [-0.3, -0.25) is 4.79 Å². The molecule has 3 aromatic rings. The summed E-state index contributed by atoms with van der Waals surface area (Å²) in [4.78, 5) is 19.1. The molecular formula is C20H18ClN3O. The fraction of sp³-hybridized carbons (Fsp3) is 0.150. The third-order valence-electron chi connectivity index (χ3n) is 4.29. The van der Waals surface area contributed by atoms with Crippen LogP contribution in [0.4, 0.5) is 5.69 Å². The molecule has 0 bridgehead atoms. The maximum atomic E-state index is 12.4. The summed E-state index contributed by atoms with van der Waals surface area (Å²) >= 11 is 0. The van der Waals surface area contributed by atoms with E-state index in [1.807, 2.05) is 56.6 Å². The van der Waals surface area contributed by atoms with Crippen molar-refractivity contribution in [2.75, 3.05) is 19.0 Å². The van der Waals surface area contributed by atoms with Crippen LogP contribution < -0.4 is 21.9 Å². The summed E-state index contributed by atoms with van der Waals surface area (Å²) in [7, 11) is 4.03. The summed E-state index contributed by atoms with van der Waals surface area (Å²) in [6, 6.07) is 16.2. The molecule has 0 aliphatic heterocycles. The second-order valence-corrected chi connectivity index (χ2v) is 6.11. The number of carbonyl (C=O) groups is 1. The van der Waals surface area contributed by atoms with Crippen molar-refractivity contribution in [3.05, 3.63) is 66.0 Å². The molecule has 0 amide bonds. The average molecular weight is 352 g/mol. The number of carbonyl (C=O) groups excluding carboxylic acids is 1. The second-order valence-electron chi connectivity index (χ2n) is 6.11. The molecule has 5 heteroatoms. The van der Waals surface area contributed by atoms with Crippen molar-refractivity contribution in [1.82, 2.24) is 4.98 Å². The van der Waals surface area contributed by atoms with Gasteiger partial charge < -0.3 is 17.3 Å². The highest BCUT2D eigenvalue weighted by molar-refractivity contribution is 6.01. The zero-order valence-electron chi connectivity index (χ0n) is 14.1. The Morgan fingerprint density at radius 2 is 1.84 bits per heavy atom. The van der Waals surface area contributed by atoms with Gasteiger partial charge in [0.05, 0.1) is 0 Å². The summed E-state index contributed by atoms with van der Waals surface area (Å²) < 4.78 is 2.12. The maximum absolute atomic E-state index is 12.4. The maximum Gasteiger partial charge on any atom is 0.240 e. The van der Waals surface area contributed by atoms with Crippen molar-refractivity contribution in [3.8, 4) is 5.69 Å². The number of nitrogens with zero attached hydrogens (tertiary/aromatic N) is 3. The van der Waals surface area contributed by atoms with Crippen LogP contribution in [-0.2, 0) is 0 Å². The number of fused-ring (bicyclic) bond motifs is 2. The lowest BCUT2D eigenvalue weighted by molar-refractivity contribution is -0.569. The van der Waals surface area contributed by atoms with Gasteiger partial charge >= 0.3 is 0 Å². The molecule has 1 heterocycles. The Hall–Kier alpha value is -2.72. The van der Waals surface area contributed by atoms with E-state index >= 15 is 0 Å². The van der Waals surface area contributed by atoms with Crippen LogP contribution in [0, 0.1) is 0 Å². The lowest BCUT2D eigenvalue weighted by Crippen LogP contribution is -3.00. The summed E-state index contributed by atoms with van der Waals surface area (Å²) in [6.07, 6.45) is 4.32. The highest BCUT2D eigenvalue weighted by Gasteiger charge is 2.28. The average Bonchev–Trinajstić information content (AvgIpc) is 2.60. The zero-order chi connectivity index (χ0) is 16.7. The van der Waals surface area contributed by atoms with Crippen LogP contribution in [0.2, 0.25) is 0 Å². The third kappa shape index (κ3) is 2.89. The number of ketones is 1. The number of benzene rings is 2. The van der Waals surface area contributed by atoms with E-state index in [1.165, 1.54) is 0 Å². The number of anilines is 1. The number of hydrogen-bond donors (Lipinski definition) is 0.